The Morgan fingerprint density at radius 2 is 1.79 bits per heavy atom. The summed E-state index contributed by atoms with van der Waals surface area (Å²) in [6.45, 7) is 0. The summed E-state index contributed by atoms with van der Waals surface area (Å²) in [6, 6.07) is 8.29. The van der Waals surface area contributed by atoms with E-state index in [0.717, 1.165) is 18.6 Å². The lowest BCUT2D eigenvalue weighted by Gasteiger charge is -2.10. The Labute approximate surface area is 84.1 Å². The molecule has 2 aliphatic carbocycles. The first-order chi connectivity index (χ1) is 6.76. The first-order valence-electron chi connectivity index (χ1n) is 5.32. The standard InChI is InChI=1S/C12H15NO/c13-12(7-8-12)9-1-3-10(4-2-9)14-11-5-6-11/h1-4,11H,5-8,13H2. The van der Waals surface area contributed by atoms with Crippen LogP contribution in [0.2, 0.25) is 0 Å². The molecular formula is C12H15NO. The highest BCUT2D eigenvalue weighted by atomic mass is 16.5. The molecule has 0 saturated heterocycles. The number of benzene rings is 1. The summed E-state index contributed by atoms with van der Waals surface area (Å²) in [7, 11) is 0. The smallest absolute Gasteiger partial charge is 0.119 e. The van der Waals surface area contributed by atoms with E-state index in [4.69, 9.17) is 10.5 Å². The number of ether oxygens (including phenoxy) is 1. The fourth-order valence-electron chi connectivity index (χ4n) is 1.67. The summed E-state index contributed by atoms with van der Waals surface area (Å²) in [5.41, 5.74) is 7.33. The third-order valence-corrected chi connectivity index (χ3v) is 3.05. The fraction of sp³-hybridized carbons (Fsp3) is 0.500. The van der Waals surface area contributed by atoms with Crippen molar-refractivity contribution in [3.05, 3.63) is 29.8 Å². The monoisotopic (exact) mass is 189 g/mol. The molecular weight excluding hydrogens is 174 g/mol. The topological polar surface area (TPSA) is 35.2 Å². The summed E-state index contributed by atoms with van der Waals surface area (Å²) in [5, 5.41) is 0. The summed E-state index contributed by atoms with van der Waals surface area (Å²) in [4.78, 5) is 0. The molecule has 0 atom stereocenters. The third kappa shape index (κ3) is 1.50. The molecule has 0 radical (unpaired) electrons. The molecule has 0 aliphatic heterocycles. The lowest BCUT2D eigenvalue weighted by atomic mass is 10.1. The number of rotatable bonds is 3. The lowest BCUT2D eigenvalue weighted by molar-refractivity contribution is 0.303. The van der Waals surface area contributed by atoms with Gasteiger partial charge in [0.2, 0.25) is 0 Å². The van der Waals surface area contributed by atoms with E-state index in [-0.39, 0.29) is 5.54 Å². The van der Waals surface area contributed by atoms with Crippen LogP contribution in [0.1, 0.15) is 31.2 Å². The highest BCUT2D eigenvalue weighted by molar-refractivity contribution is 5.35. The molecule has 0 aromatic heterocycles. The van der Waals surface area contributed by atoms with Crippen LogP contribution in [0.4, 0.5) is 0 Å². The van der Waals surface area contributed by atoms with Crippen LogP contribution in [0.15, 0.2) is 24.3 Å². The van der Waals surface area contributed by atoms with Crippen LogP contribution in [-0.2, 0) is 5.54 Å². The lowest BCUT2D eigenvalue weighted by Crippen LogP contribution is -2.18. The average Bonchev–Trinajstić information content (AvgIpc) is 3.06. The van der Waals surface area contributed by atoms with Gasteiger partial charge in [-0.05, 0) is 43.4 Å². The highest BCUT2D eigenvalue weighted by Gasteiger charge is 2.39. The van der Waals surface area contributed by atoms with Gasteiger partial charge in [0.15, 0.2) is 0 Å². The molecule has 0 heterocycles. The SMILES string of the molecule is NC1(c2ccc(OC3CC3)cc2)CC1. The predicted octanol–water partition coefficient (Wildman–Crippen LogP) is 2.18. The number of hydrogen-bond acceptors (Lipinski definition) is 2. The molecule has 2 heteroatoms. The Bertz CT molecular complexity index is 336. The van der Waals surface area contributed by atoms with Crippen molar-refractivity contribution in [3.8, 4) is 5.75 Å². The second-order valence-electron chi connectivity index (χ2n) is 4.50. The molecule has 1 aromatic carbocycles. The zero-order valence-electron chi connectivity index (χ0n) is 8.20. The van der Waals surface area contributed by atoms with Gasteiger partial charge < -0.3 is 10.5 Å². The molecule has 0 bridgehead atoms. The van der Waals surface area contributed by atoms with E-state index in [9.17, 15) is 0 Å². The van der Waals surface area contributed by atoms with Crippen LogP contribution >= 0.6 is 0 Å². The largest absolute Gasteiger partial charge is 0.490 e. The van der Waals surface area contributed by atoms with Crippen molar-refractivity contribution in [3.63, 3.8) is 0 Å². The second kappa shape index (κ2) is 2.74. The normalized spacial score (nSPS) is 23.2. The maximum atomic E-state index is 6.09. The van der Waals surface area contributed by atoms with E-state index >= 15 is 0 Å². The first-order valence-corrected chi connectivity index (χ1v) is 5.32. The molecule has 2 aliphatic rings. The molecule has 1 aromatic rings. The van der Waals surface area contributed by atoms with Crippen LogP contribution in [-0.4, -0.2) is 6.10 Å². The van der Waals surface area contributed by atoms with Crippen molar-refractivity contribution in [2.45, 2.75) is 37.3 Å². The maximum absolute atomic E-state index is 6.09. The molecule has 2 nitrogen and oxygen atoms in total. The summed E-state index contributed by atoms with van der Waals surface area (Å²) in [6.07, 6.45) is 5.14. The van der Waals surface area contributed by atoms with Crippen LogP contribution in [0, 0.1) is 0 Å². The molecule has 14 heavy (non-hydrogen) atoms. The Balaban J connectivity index is 1.76. The zero-order valence-corrected chi connectivity index (χ0v) is 8.20. The van der Waals surface area contributed by atoms with Crippen molar-refractivity contribution in [2.24, 2.45) is 5.73 Å². The molecule has 3 rings (SSSR count). The van der Waals surface area contributed by atoms with E-state index in [1.165, 1.54) is 18.4 Å². The number of hydrogen-bond donors (Lipinski definition) is 1. The average molecular weight is 189 g/mol. The fourth-order valence-corrected chi connectivity index (χ4v) is 1.67. The molecule has 0 amide bonds. The van der Waals surface area contributed by atoms with Gasteiger partial charge in [0.1, 0.15) is 5.75 Å². The molecule has 2 fully saturated rings. The van der Waals surface area contributed by atoms with Crippen LogP contribution in [0.25, 0.3) is 0 Å². The van der Waals surface area contributed by atoms with Gasteiger partial charge in [-0.3, -0.25) is 0 Å². The molecule has 74 valence electrons. The second-order valence-corrected chi connectivity index (χ2v) is 4.50. The highest BCUT2D eigenvalue weighted by Crippen LogP contribution is 2.43. The van der Waals surface area contributed by atoms with E-state index in [1.54, 1.807) is 0 Å². The van der Waals surface area contributed by atoms with Crippen molar-refractivity contribution < 1.29 is 4.74 Å². The Morgan fingerprint density at radius 3 is 2.29 bits per heavy atom. The Hall–Kier alpha value is -1.02. The summed E-state index contributed by atoms with van der Waals surface area (Å²) < 4.78 is 5.67. The minimum atomic E-state index is -0.0158. The third-order valence-electron chi connectivity index (χ3n) is 3.05. The van der Waals surface area contributed by atoms with Gasteiger partial charge in [-0.15, -0.1) is 0 Å². The van der Waals surface area contributed by atoms with Crippen molar-refractivity contribution in [1.29, 1.82) is 0 Å². The maximum Gasteiger partial charge on any atom is 0.119 e. The molecule has 0 unspecified atom stereocenters. The molecule has 0 spiro atoms. The van der Waals surface area contributed by atoms with Gasteiger partial charge >= 0.3 is 0 Å². The van der Waals surface area contributed by atoms with Gasteiger partial charge in [-0.25, -0.2) is 0 Å². The predicted molar refractivity (Wildman–Crippen MR) is 55.2 cm³/mol. The number of nitrogens with two attached hydrogens (primary N) is 1. The Kier molecular flexibility index (Phi) is 1.62. The Morgan fingerprint density at radius 1 is 1.14 bits per heavy atom. The minimum Gasteiger partial charge on any atom is -0.490 e. The van der Waals surface area contributed by atoms with Gasteiger partial charge in [0, 0.05) is 5.54 Å². The van der Waals surface area contributed by atoms with Crippen LogP contribution in [0.3, 0.4) is 0 Å². The van der Waals surface area contributed by atoms with Gasteiger partial charge in [-0.2, -0.15) is 0 Å². The molecule has 2 saturated carbocycles. The van der Waals surface area contributed by atoms with Gasteiger partial charge in [0.25, 0.3) is 0 Å². The first kappa shape index (κ1) is 8.30. The van der Waals surface area contributed by atoms with E-state index in [2.05, 4.69) is 12.1 Å². The van der Waals surface area contributed by atoms with Gasteiger partial charge in [-0.1, -0.05) is 12.1 Å². The van der Waals surface area contributed by atoms with Crippen LogP contribution < -0.4 is 10.5 Å². The minimum absolute atomic E-state index is 0.0158. The van der Waals surface area contributed by atoms with Crippen molar-refractivity contribution in [2.75, 3.05) is 0 Å². The van der Waals surface area contributed by atoms with Gasteiger partial charge in [0.05, 0.1) is 6.10 Å². The van der Waals surface area contributed by atoms with E-state index in [0.29, 0.717) is 6.10 Å². The van der Waals surface area contributed by atoms with Crippen LogP contribution in [0.5, 0.6) is 5.75 Å². The quantitative estimate of drug-likeness (QED) is 0.791. The molecule has 2 N–H and O–H groups in total. The summed E-state index contributed by atoms with van der Waals surface area (Å²) in [5.74, 6) is 0.987. The van der Waals surface area contributed by atoms with Crippen molar-refractivity contribution >= 4 is 0 Å². The van der Waals surface area contributed by atoms with E-state index in [1.807, 2.05) is 12.1 Å². The van der Waals surface area contributed by atoms with E-state index < -0.39 is 0 Å². The summed E-state index contributed by atoms with van der Waals surface area (Å²) >= 11 is 0. The zero-order chi connectivity index (χ0) is 9.60. The van der Waals surface area contributed by atoms with Crippen molar-refractivity contribution in [1.82, 2.24) is 0 Å².